The van der Waals surface area contributed by atoms with Gasteiger partial charge in [0.15, 0.2) is 13.2 Å². The molecular formula is C44H57BN2O7. The molecule has 0 spiro atoms. The Labute approximate surface area is 322 Å². The van der Waals surface area contributed by atoms with Crippen molar-refractivity contribution in [2.45, 2.75) is 84.8 Å². The van der Waals surface area contributed by atoms with Crippen molar-refractivity contribution in [3.8, 4) is 11.8 Å². The van der Waals surface area contributed by atoms with Gasteiger partial charge in [-0.05, 0) is 97.1 Å². The van der Waals surface area contributed by atoms with Crippen molar-refractivity contribution in [2.75, 3.05) is 19.8 Å². The van der Waals surface area contributed by atoms with Crippen molar-refractivity contribution in [2.24, 2.45) is 0 Å². The lowest BCUT2D eigenvalue weighted by molar-refractivity contribution is -0.893. The van der Waals surface area contributed by atoms with Crippen LogP contribution in [0.2, 0.25) is 0 Å². The highest BCUT2D eigenvalue weighted by atomic mass is 16.7. The summed E-state index contributed by atoms with van der Waals surface area (Å²) in [6, 6.07) is 42.5. The second-order valence-electron chi connectivity index (χ2n) is 14.3. The molecule has 0 aliphatic heterocycles. The Bertz CT molecular complexity index is 1590. The SMILES string of the molecule is CCO[n+]1ccccc1OC(C)(C)C.CCO[n+]1ccccc1OC(C)(C)C.[O-]B([O-])OCCCC(c1ccccc1)(c1ccccc1)c1ccccc1. The highest BCUT2D eigenvalue weighted by Gasteiger charge is 2.35. The molecule has 0 bridgehead atoms. The quantitative estimate of drug-likeness (QED) is 0.0623. The first-order valence-electron chi connectivity index (χ1n) is 18.5. The summed E-state index contributed by atoms with van der Waals surface area (Å²) in [7, 11) is -2.23. The van der Waals surface area contributed by atoms with Gasteiger partial charge in [0, 0.05) is 33.6 Å². The highest BCUT2D eigenvalue weighted by Crippen LogP contribution is 2.43. The van der Waals surface area contributed by atoms with E-state index in [1.165, 1.54) is 16.7 Å². The highest BCUT2D eigenvalue weighted by molar-refractivity contribution is 6.28. The van der Waals surface area contributed by atoms with Gasteiger partial charge in [0.1, 0.15) is 11.2 Å². The maximum Gasteiger partial charge on any atom is 0.417 e. The van der Waals surface area contributed by atoms with Crippen molar-refractivity contribution < 1.29 is 43.3 Å². The van der Waals surface area contributed by atoms with Gasteiger partial charge < -0.3 is 24.2 Å². The minimum atomic E-state index is -2.23. The molecule has 0 unspecified atom stereocenters. The number of aromatic nitrogens is 2. The predicted molar refractivity (Wildman–Crippen MR) is 208 cm³/mol. The molecule has 0 amide bonds. The van der Waals surface area contributed by atoms with Crippen LogP contribution in [0.25, 0.3) is 0 Å². The van der Waals surface area contributed by atoms with Gasteiger partial charge in [-0.3, -0.25) is 9.68 Å². The zero-order chi connectivity index (χ0) is 39.5. The van der Waals surface area contributed by atoms with Crippen LogP contribution in [-0.4, -0.2) is 38.3 Å². The second kappa shape index (κ2) is 21.7. The molecule has 9 nitrogen and oxygen atoms in total. The summed E-state index contributed by atoms with van der Waals surface area (Å²) in [5, 5.41) is 21.4. The average Bonchev–Trinajstić information content (AvgIpc) is 3.14. The Balaban J connectivity index is 0.000000238. The van der Waals surface area contributed by atoms with Gasteiger partial charge in [0.05, 0.1) is 19.5 Å². The van der Waals surface area contributed by atoms with Crippen molar-refractivity contribution in [3.63, 3.8) is 0 Å². The van der Waals surface area contributed by atoms with E-state index in [1.807, 2.05) is 159 Å². The zero-order valence-electron chi connectivity index (χ0n) is 33.1. The molecule has 0 aliphatic carbocycles. The second-order valence-corrected chi connectivity index (χ2v) is 14.3. The van der Waals surface area contributed by atoms with E-state index in [9.17, 15) is 10.0 Å². The van der Waals surface area contributed by atoms with Crippen LogP contribution < -0.4 is 38.7 Å². The molecule has 0 radical (unpaired) electrons. The predicted octanol–water partition coefficient (Wildman–Crippen LogP) is 5.72. The van der Waals surface area contributed by atoms with Crippen molar-refractivity contribution in [1.29, 1.82) is 0 Å². The summed E-state index contributed by atoms with van der Waals surface area (Å²) in [6.45, 7) is 17.4. The zero-order valence-corrected chi connectivity index (χ0v) is 33.1. The van der Waals surface area contributed by atoms with Crippen LogP contribution in [0.3, 0.4) is 0 Å². The van der Waals surface area contributed by atoms with E-state index in [2.05, 4.69) is 36.4 Å². The van der Waals surface area contributed by atoms with E-state index in [4.69, 9.17) is 23.8 Å². The smallest absolute Gasteiger partial charge is 0.417 e. The molecule has 10 heteroatoms. The maximum atomic E-state index is 10.7. The lowest BCUT2D eigenvalue weighted by Gasteiger charge is -2.37. The van der Waals surface area contributed by atoms with Crippen LogP contribution in [-0.2, 0) is 10.1 Å². The van der Waals surface area contributed by atoms with Crippen LogP contribution in [0.15, 0.2) is 140 Å². The molecule has 5 rings (SSSR count). The van der Waals surface area contributed by atoms with E-state index in [0.717, 1.165) is 18.2 Å². The number of hydrogen-bond donors (Lipinski definition) is 0. The van der Waals surface area contributed by atoms with E-state index in [-0.39, 0.29) is 23.2 Å². The molecule has 5 aromatic rings. The topological polar surface area (TPSA) is 100 Å². The molecule has 54 heavy (non-hydrogen) atoms. The number of pyridine rings is 2. The fourth-order valence-corrected chi connectivity index (χ4v) is 5.72. The summed E-state index contributed by atoms with van der Waals surface area (Å²) in [6.07, 6.45) is 5.02. The van der Waals surface area contributed by atoms with Gasteiger partial charge in [-0.2, -0.15) is 0 Å². The summed E-state index contributed by atoms with van der Waals surface area (Å²) in [5.74, 6) is 1.45. The van der Waals surface area contributed by atoms with Gasteiger partial charge in [0.2, 0.25) is 12.4 Å². The van der Waals surface area contributed by atoms with Gasteiger partial charge in [-0.15, -0.1) is 0 Å². The first-order chi connectivity index (χ1) is 25.8. The Morgan fingerprint density at radius 3 is 1.19 bits per heavy atom. The number of rotatable bonds is 14. The molecule has 2 heterocycles. The van der Waals surface area contributed by atoms with Crippen LogP contribution in [0, 0.1) is 0 Å². The molecule has 0 saturated carbocycles. The molecule has 0 N–H and O–H groups in total. The Hall–Kier alpha value is -4.90. The molecule has 0 fully saturated rings. The van der Waals surface area contributed by atoms with Crippen LogP contribution in [0.4, 0.5) is 0 Å². The molecule has 0 atom stereocenters. The van der Waals surface area contributed by atoms with Crippen molar-refractivity contribution in [1.82, 2.24) is 0 Å². The van der Waals surface area contributed by atoms with Gasteiger partial charge >= 0.3 is 11.8 Å². The summed E-state index contributed by atoms with van der Waals surface area (Å²) in [5.41, 5.74) is 2.75. The van der Waals surface area contributed by atoms with E-state index >= 15 is 0 Å². The fourth-order valence-electron chi connectivity index (χ4n) is 5.72. The molecule has 0 saturated heterocycles. The molecule has 288 valence electrons. The van der Waals surface area contributed by atoms with Gasteiger partial charge in [-0.1, -0.05) is 91.0 Å². The molecule has 3 aromatic carbocycles. The standard InChI is InChI=1S/C22H21BO3.2C11H18NO2/c24-23(25)26-18-10-17-22(19-11-4-1-5-12-19,20-13-6-2-7-14-20)21-15-8-3-9-16-21;2*1-5-13-12-9-7-6-8-10(12)14-11(2,3)4/h1-9,11-16H,10,17-18H2;2*6-9H,5H2,1-4H3/q-2;2*+1. The summed E-state index contributed by atoms with van der Waals surface area (Å²) < 4.78 is 19.5. The van der Waals surface area contributed by atoms with Crippen LogP contribution >= 0.6 is 0 Å². The van der Waals surface area contributed by atoms with E-state index < -0.39 is 7.32 Å². The Morgan fingerprint density at radius 1 is 0.519 bits per heavy atom. The first kappa shape index (κ1) is 43.5. The van der Waals surface area contributed by atoms with E-state index in [1.54, 1.807) is 9.46 Å². The van der Waals surface area contributed by atoms with Crippen LogP contribution in [0.1, 0.15) is 84.9 Å². The Morgan fingerprint density at radius 2 is 0.870 bits per heavy atom. The van der Waals surface area contributed by atoms with Crippen molar-refractivity contribution in [3.05, 3.63) is 156 Å². The summed E-state index contributed by atoms with van der Waals surface area (Å²) >= 11 is 0. The minimum absolute atomic E-state index is 0.159. The third kappa shape index (κ3) is 14.5. The minimum Gasteiger partial charge on any atom is -0.871 e. The molecule has 0 aliphatic rings. The largest absolute Gasteiger partial charge is 0.871 e. The van der Waals surface area contributed by atoms with Gasteiger partial charge in [-0.25, -0.2) is 0 Å². The third-order valence-electron chi connectivity index (χ3n) is 7.68. The first-order valence-corrected chi connectivity index (χ1v) is 18.5. The molecular weight excluding hydrogens is 679 g/mol. The fraction of sp³-hybridized carbons (Fsp3) is 0.364. The van der Waals surface area contributed by atoms with Gasteiger partial charge in [0.25, 0.3) is 0 Å². The number of ether oxygens (including phenoxy) is 2. The summed E-state index contributed by atoms with van der Waals surface area (Å²) in [4.78, 5) is 10.7. The lowest BCUT2D eigenvalue weighted by Crippen LogP contribution is -2.48. The third-order valence-corrected chi connectivity index (χ3v) is 7.68. The number of hydrogen-bond acceptors (Lipinski definition) is 7. The van der Waals surface area contributed by atoms with Crippen LogP contribution in [0.5, 0.6) is 11.8 Å². The Kier molecular flexibility index (Phi) is 17.5. The van der Waals surface area contributed by atoms with Crippen molar-refractivity contribution >= 4 is 7.32 Å². The monoisotopic (exact) mass is 736 g/mol. The normalized spacial score (nSPS) is 11.2. The lowest BCUT2D eigenvalue weighted by atomic mass is 9.67. The molecule has 2 aromatic heterocycles. The number of benzene rings is 3. The van der Waals surface area contributed by atoms with E-state index in [0.29, 0.717) is 19.6 Å². The average molecular weight is 737 g/mol. The number of nitrogens with zero attached hydrogens (tertiary/aromatic N) is 2. The maximum absolute atomic E-state index is 10.7.